The lowest BCUT2D eigenvalue weighted by Crippen LogP contribution is -2.65. The van der Waals surface area contributed by atoms with Crippen LogP contribution in [0.5, 0.6) is 0 Å². The molecule has 1 saturated carbocycles. The fraction of sp³-hybridized carbons (Fsp3) is 0.440. The number of methoxy groups -OCH3 is 1. The Bertz CT molecular complexity index is 928. The number of likely N-dealkylation sites (N-methyl/N-ethyl adjacent to an activating group) is 1. The third-order valence-electron chi connectivity index (χ3n) is 6.82. The highest BCUT2D eigenvalue weighted by molar-refractivity contribution is 5.85. The molecule has 0 radical (unpaired) electrons. The molecule has 2 unspecified atom stereocenters. The Kier molecular flexibility index (Phi) is 6.01. The highest BCUT2D eigenvalue weighted by atomic mass is 16.6. The predicted octanol–water partition coefficient (Wildman–Crippen LogP) is 4.67. The van der Waals surface area contributed by atoms with Crippen molar-refractivity contribution in [3.63, 3.8) is 0 Å². The van der Waals surface area contributed by atoms with Gasteiger partial charge in [0.05, 0.1) is 6.10 Å². The summed E-state index contributed by atoms with van der Waals surface area (Å²) < 4.78 is 11.3. The van der Waals surface area contributed by atoms with E-state index in [-0.39, 0.29) is 19.1 Å². The van der Waals surface area contributed by atoms with Gasteiger partial charge in [0, 0.05) is 19.6 Å². The number of carbonyl (C=O) groups is 2. The van der Waals surface area contributed by atoms with Crippen molar-refractivity contribution in [3.05, 3.63) is 59.7 Å². The Morgan fingerprint density at radius 1 is 1.06 bits per heavy atom. The van der Waals surface area contributed by atoms with E-state index in [1.54, 1.807) is 6.92 Å². The molecule has 6 heteroatoms. The molecule has 1 fully saturated rings. The molecule has 6 nitrogen and oxygen atoms in total. The molecule has 0 spiro atoms. The smallest absolute Gasteiger partial charge is 0.410 e. The summed E-state index contributed by atoms with van der Waals surface area (Å²) in [6, 6.07) is 16.3. The normalized spacial score (nSPS) is 22.5. The second kappa shape index (κ2) is 8.71. The molecule has 0 aromatic heterocycles. The lowest BCUT2D eigenvalue weighted by atomic mass is 9.77. The van der Waals surface area contributed by atoms with Gasteiger partial charge in [0.2, 0.25) is 0 Å². The van der Waals surface area contributed by atoms with Crippen molar-refractivity contribution in [2.75, 3.05) is 20.3 Å². The number of rotatable bonds is 6. The molecule has 2 aliphatic rings. The number of hydrogen-bond donors (Lipinski definition) is 1. The number of amides is 1. The number of carboxylic acids is 1. The Morgan fingerprint density at radius 2 is 1.68 bits per heavy atom. The first-order chi connectivity index (χ1) is 15.0. The van der Waals surface area contributed by atoms with E-state index in [0.29, 0.717) is 12.8 Å². The lowest BCUT2D eigenvalue weighted by molar-refractivity contribution is -0.165. The van der Waals surface area contributed by atoms with Gasteiger partial charge in [-0.2, -0.15) is 0 Å². The van der Waals surface area contributed by atoms with Gasteiger partial charge >= 0.3 is 12.1 Å². The second-order valence-electron chi connectivity index (χ2n) is 8.25. The third-order valence-corrected chi connectivity index (χ3v) is 6.82. The monoisotopic (exact) mass is 423 g/mol. The fourth-order valence-corrected chi connectivity index (χ4v) is 5.35. The quantitative estimate of drug-likeness (QED) is 0.731. The SMILES string of the molecule is CCN(C(=O)OCC1c2ccccc2-c2ccccc21)C1(C(=O)O)CCCCC1OC. The Labute approximate surface area is 182 Å². The summed E-state index contributed by atoms with van der Waals surface area (Å²) >= 11 is 0. The predicted molar refractivity (Wildman–Crippen MR) is 117 cm³/mol. The van der Waals surface area contributed by atoms with Crippen molar-refractivity contribution in [3.8, 4) is 11.1 Å². The Hall–Kier alpha value is -2.86. The fourth-order valence-electron chi connectivity index (χ4n) is 5.35. The first kappa shape index (κ1) is 21.4. The van der Waals surface area contributed by atoms with E-state index in [0.717, 1.165) is 35.1 Å². The van der Waals surface area contributed by atoms with E-state index < -0.39 is 23.7 Å². The number of nitrogens with zero attached hydrogens (tertiary/aromatic N) is 1. The maximum Gasteiger partial charge on any atom is 0.410 e. The van der Waals surface area contributed by atoms with E-state index in [1.165, 1.54) is 12.0 Å². The summed E-state index contributed by atoms with van der Waals surface area (Å²) in [5.74, 6) is -1.10. The van der Waals surface area contributed by atoms with E-state index >= 15 is 0 Å². The van der Waals surface area contributed by atoms with Crippen LogP contribution in [0.4, 0.5) is 4.79 Å². The summed E-state index contributed by atoms with van der Waals surface area (Å²) in [5, 5.41) is 10.2. The van der Waals surface area contributed by atoms with Gasteiger partial charge in [-0.25, -0.2) is 9.59 Å². The van der Waals surface area contributed by atoms with Crippen molar-refractivity contribution in [1.82, 2.24) is 4.90 Å². The second-order valence-corrected chi connectivity index (χ2v) is 8.25. The van der Waals surface area contributed by atoms with Gasteiger partial charge in [0.15, 0.2) is 5.54 Å². The summed E-state index contributed by atoms with van der Waals surface area (Å²) in [5.41, 5.74) is 3.16. The summed E-state index contributed by atoms with van der Waals surface area (Å²) in [6.07, 6.45) is 1.43. The number of carboxylic acid groups (broad SMARTS) is 1. The van der Waals surface area contributed by atoms with Gasteiger partial charge in [-0.15, -0.1) is 0 Å². The van der Waals surface area contributed by atoms with Gasteiger partial charge in [-0.3, -0.25) is 4.90 Å². The maximum absolute atomic E-state index is 13.2. The average molecular weight is 424 g/mol. The minimum Gasteiger partial charge on any atom is -0.479 e. The van der Waals surface area contributed by atoms with Gasteiger partial charge < -0.3 is 14.6 Å². The number of ether oxygens (including phenoxy) is 2. The van der Waals surface area contributed by atoms with Crippen molar-refractivity contribution in [2.24, 2.45) is 0 Å². The van der Waals surface area contributed by atoms with E-state index in [1.807, 2.05) is 24.3 Å². The van der Waals surface area contributed by atoms with Crippen LogP contribution in [0.25, 0.3) is 11.1 Å². The number of carbonyl (C=O) groups excluding carboxylic acids is 1. The van der Waals surface area contributed by atoms with Crippen LogP contribution in [0, 0.1) is 0 Å². The molecule has 2 aromatic rings. The molecule has 31 heavy (non-hydrogen) atoms. The first-order valence-electron chi connectivity index (χ1n) is 10.9. The molecule has 2 aromatic carbocycles. The molecule has 1 N–H and O–H groups in total. The van der Waals surface area contributed by atoms with Crippen LogP contribution >= 0.6 is 0 Å². The molecule has 0 aliphatic heterocycles. The third kappa shape index (κ3) is 3.49. The molecule has 4 rings (SSSR count). The standard InChI is InChI=1S/C25H29NO5/c1-3-26(25(23(27)28)15-9-8-14-22(25)30-2)24(29)31-16-21-19-12-6-4-10-17(19)18-11-5-7-13-20(18)21/h4-7,10-13,21-22H,3,8-9,14-16H2,1-2H3,(H,27,28). The minimum atomic E-state index is -1.40. The lowest BCUT2D eigenvalue weighted by Gasteiger charge is -2.46. The van der Waals surface area contributed by atoms with Crippen LogP contribution in [-0.4, -0.2) is 54.0 Å². The Balaban J connectivity index is 1.58. The van der Waals surface area contributed by atoms with Crippen LogP contribution in [-0.2, 0) is 14.3 Å². The van der Waals surface area contributed by atoms with E-state index in [4.69, 9.17) is 9.47 Å². The average Bonchev–Trinajstić information content (AvgIpc) is 3.12. The van der Waals surface area contributed by atoms with Crippen molar-refractivity contribution in [1.29, 1.82) is 0 Å². The van der Waals surface area contributed by atoms with Crippen LogP contribution in [0.2, 0.25) is 0 Å². The summed E-state index contributed by atoms with van der Waals surface area (Å²) in [7, 11) is 1.51. The van der Waals surface area contributed by atoms with Crippen molar-refractivity contribution in [2.45, 2.75) is 50.2 Å². The molecule has 1 amide bonds. The van der Waals surface area contributed by atoms with E-state index in [9.17, 15) is 14.7 Å². The molecule has 2 aliphatic carbocycles. The molecular weight excluding hydrogens is 394 g/mol. The van der Waals surface area contributed by atoms with Gasteiger partial charge in [0.25, 0.3) is 0 Å². The van der Waals surface area contributed by atoms with Crippen LogP contribution in [0.3, 0.4) is 0 Å². The molecule has 0 bridgehead atoms. The summed E-state index contributed by atoms with van der Waals surface area (Å²) in [6.45, 7) is 2.19. The molecule has 2 atom stereocenters. The van der Waals surface area contributed by atoms with Gasteiger partial charge in [-0.1, -0.05) is 61.4 Å². The molecule has 164 valence electrons. The van der Waals surface area contributed by atoms with Crippen molar-refractivity contribution < 1.29 is 24.2 Å². The number of aliphatic carboxylic acids is 1. The highest BCUT2D eigenvalue weighted by Gasteiger charge is 2.54. The van der Waals surface area contributed by atoms with Crippen LogP contribution in [0.1, 0.15) is 49.7 Å². The zero-order chi connectivity index (χ0) is 22.0. The van der Waals surface area contributed by atoms with Gasteiger partial charge in [-0.05, 0) is 42.0 Å². The zero-order valence-corrected chi connectivity index (χ0v) is 18.0. The number of hydrogen-bond acceptors (Lipinski definition) is 4. The van der Waals surface area contributed by atoms with E-state index in [2.05, 4.69) is 24.3 Å². The highest BCUT2D eigenvalue weighted by Crippen LogP contribution is 2.45. The summed E-state index contributed by atoms with van der Waals surface area (Å²) in [4.78, 5) is 27.0. The number of benzene rings is 2. The largest absolute Gasteiger partial charge is 0.479 e. The minimum absolute atomic E-state index is 0.0691. The maximum atomic E-state index is 13.2. The first-order valence-corrected chi connectivity index (χ1v) is 10.9. The topological polar surface area (TPSA) is 76.1 Å². The Morgan fingerprint density at radius 3 is 2.23 bits per heavy atom. The molecule has 0 saturated heterocycles. The molecule has 0 heterocycles. The zero-order valence-electron chi connectivity index (χ0n) is 18.0. The molecular formula is C25H29NO5. The van der Waals surface area contributed by atoms with Crippen LogP contribution < -0.4 is 0 Å². The number of fused-ring (bicyclic) bond motifs is 3. The van der Waals surface area contributed by atoms with Crippen molar-refractivity contribution >= 4 is 12.1 Å². The van der Waals surface area contributed by atoms with Gasteiger partial charge in [0.1, 0.15) is 6.61 Å². The van der Waals surface area contributed by atoms with Crippen LogP contribution in [0.15, 0.2) is 48.5 Å².